The monoisotopic (exact) mass is 354 g/mol. The van der Waals surface area contributed by atoms with Gasteiger partial charge >= 0.3 is 6.01 Å². The lowest BCUT2D eigenvalue weighted by Gasteiger charge is -2.27. The van der Waals surface area contributed by atoms with E-state index in [0.29, 0.717) is 32.2 Å². The zero-order valence-corrected chi connectivity index (χ0v) is 14.8. The third-order valence-electron chi connectivity index (χ3n) is 6.35. The summed E-state index contributed by atoms with van der Waals surface area (Å²) >= 11 is 0. The summed E-state index contributed by atoms with van der Waals surface area (Å²) in [5, 5.41) is 7.92. The minimum atomic E-state index is -0.428. The number of carbonyl (C=O) groups excluding carboxylic acids is 1. The molecule has 26 heavy (non-hydrogen) atoms. The molecular formula is C19H22N4O3. The molecule has 3 fully saturated rings. The van der Waals surface area contributed by atoms with Crippen LogP contribution in [0.5, 0.6) is 0 Å². The van der Waals surface area contributed by atoms with Gasteiger partial charge in [0, 0.05) is 19.0 Å². The largest absolute Gasteiger partial charge is 0.407 e. The van der Waals surface area contributed by atoms with Crippen molar-refractivity contribution in [3.63, 3.8) is 0 Å². The molecule has 3 heterocycles. The van der Waals surface area contributed by atoms with Gasteiger partial charge in [-0.15, -0.1) is 5.10 Å². The van der Waals surface area contributed by atoms with Crippen LogP contribution in [0.25, 0.3) is 0 Å². The van der Waals surface area contributed by atoms with Crippen molar-refractivity contribution in [1.29, 1.82) is 0 Å². The molecule has 1 aliphatic carbocycles. The van der Waals surface area contributed by atoms with Gasteiger partial charge in [-0.05, 0) is 30.9 Å². The van der Waals surface area contributed by atoms with Crippen molar-refractivity contribution >= 4 is 11.9 Å². The number of anilines is 1. The van der Waals surface area contributed by atoms with Gasteiger partial charge in [0.2, 0.25) is 11.8 Å². The Morgan fingerprint density at radius 2 is 2.12 bits per heavy atom. The summed E-state index contributed by atoms with van der Waals surface area (Å²) < 4.78 is 11.2. The van der Waals surface area contributed by atoms with Gasteiger partial charge in [-0.1, -0.05) is 29.4 Å². The van der Waals surface area contributed by atoms with Crippen LogP contribution in [-0.2, 0) is 20.4 Å². The minimum Gasteiger partial charge on any atom is -0.407 e. The van der Waals surface area contributed by atoms with Crippen LogP contribution in [0.15, 0.2) is 28.7 Å². The lowest BCUT2D eigenvalue weighted by Crippen LogP contribution is -2.41. The number of ether oxygens (including phenoxy) is 1. The Hall–Kier alpha value is -2.41. The first kappa shape index (κ1) is 15.8. The molecule has 7 nitrogen and oxygen atoms in total. The fraction of sp³-hybridized carbons (Fsp3) is 0.526. The number of benzene rings is 1. The Kier molecular flexibility index (Phi) is 3.22. The SMILES string of the molecule is Cc1ccccc1C1(C(=O)N2C[C@H]3COC[C@@]3(c3nnc(N)o3)C2)CC1. The first-order valence-corrected chi connectivity index (χ1v) is 9.08. The number of aromatic nitrogens is 2. The van der Waals surface area contributed by atoms with Gasteiger partial charge < -0.3 is 19.8 Å². The number of rotatable bonds is 3. The van der Waals surface area contributed by atoms with Crippen LogP contribution in [0.4, 0.5) is 6.01 Å². The summed E-state index contributed by atoms with van der Waals surface area (Å²) in [4.78, 5) is 15.5. The van der Waals surface area contributed by atoms with E-state index in [2.05, 4.69) is 29.3 Å². The van der Waals surface area contributed by atoms with E-state index in [9.17, 15) is 4.79 Å². The molecule has 2 aromatic rings. The predicted molar refractivity (Wildman–Crippen MR) is 93.4 cm³/mol. The Balaban J connectivity index is 1.46. The van der Waals surface area contributed by atoms with Crippen molar-refractivity contribution in [3.8, 4) is 0 Å². The Morgan fingerprint density at radius 3 is 2.81 bits per heavy atom. The molecule has 1 aromatic carbocycles. The molecule has 2 saturated heterocycles. The molecule has 0 bridgehead atoms. The minimum absolute atomic E-state index is 0.0587. The average Bonchev–Trinajstić information content (AvgIpc) is 2.95. The quantitative estimate of drug-likeness (QED) is 0.896. The van der Waals surface area contributed by atoms with Crippen LogP contribution >= 0.6 is 0 Å². The Bertz CT molecular complexity index is 875. The summed E-state index contributed by atoms with van der Waals surface area (Å²) in [6.45, 7) is 4.38. The van der Waals surface area contributed by atoms with Crippen molar-refractivity contribution in [2.45, 2.75) is 30.6 Å². The van der Waals surface area contributed by atoms with Gasteiger partial charge in [0.05, 0.1) is 24.0 Å². The first-order valence-electron chi connectivity index (χ1n) is 9.08. The molecule has 3 aliphatic rings. The second kappa shape index (κ2) is 5.30. The van der Waals surface area contributed by atoms with Crippen molar-refractivity contribution in [3.05, 3.63) is 41.3 Å². The average molecular weight is 354 g/mol. The molecule has 2 atom stereocenters. The van der Waals surface area contributed by atoms with E-state index in [1.54, 1.807) is 0 Å². The highest BCUT2D eigenvalue weighted by molar-refractivity contribution is 5.92. The molecule has 5 rings (SSSR count). The van der Waals surface area contributed by atoms with E-state index < -0.39 is 5.41 Å². The second-order valence-corrected chi connectivity index (χ2v) is 7.90. The maximum Gasteiger partial charge on any atom is 0.312 e. The van der Waals surface area contributed by atoms with Gasteiger partial charge in [0.1, 0.15) is 0 Å². The maximum atomic E-state index is 13.5. The third-order valence-corrected chi connectivity index (χ3v) is 6.35. The second-order valence-electron chi connectivity index (χ2n) is 7.90. The number of fused-ring (bicyclic) bond motifs is 1. The number of hydrogen-bond donors (Lipinski definition) is 1. The Labute approximate surface area is 151 Å². The molecule has 1 saturated carbocycles. The molecule has 1 amide bonds. The standard InChI is InChI=1S/C19H22N4O3/c1-12-4-2-3-5-14(12)18(6-7-18)16(24)23-8-13-9-25-11-19(13,10-23)15-21-22-17(20)26-15/h2-5,13H,6-11H2,1H3,(H2,20,22)/t13-,19-/m0/s1. The summed E-state index contributed by atoms with van der Waals surface area (Å²) in [5.74, 6) is 0.876. The molecule has 2 aliphatic heterocycles. The van der Waals surface area contributed by atoms with Gasteiger partial charge in [0.15, 0.2) is 0 Å². The molecule has 1 aromatic heterocycles. The van der Waals surface area contributed by atoms with Gasteiger partial charge in [-0.25, -0.2) is 0 Å². The summed E-state index contributed by atoms with van der Waals surface area (Å²) in [5.41, 5.74) is 7.18. The van der Waals surface area contributed by atoms with Crippen molar-refractivity contribution < 1.29 is 13.9 Å². The zero-order valence-electron chi connectivity index (χ0n) is 14.8. The first-order chi connectivity index (χ1) is 12.6. The van der Waals surface area contributed by atoms with E-state index in [-0.39, 0.29) is 23.3 Å². The van der Waals surface area contributed by atoms with E-state index in [4.69, 9.17) is 14.9 Å². The lowest BCUT2D eigenvalue weighted by atomic mass is 9.81. The van der Waals surface area contributed by atoms with E-state index in [1.807, 2.05) is 17.0 Å². The number of nitrogens with two attached hydrogens (primary N) is 1. The van der Waals surface area contributed by atoms with E-state index in [0.717, 1.165) is 18.4 Å². The summed E-state index contributed by atoms with van der Waals surface area (Å²) in [6.07, 6.45) is 1.82. The van der Waals surface area contributed by atoms with E-state index in [1.165, 1.54) is 5.56 Å². The number of nitrogens with zero attached hydrogens (tertiary/aromatic N) is 3. The predicted octanol–water partition coefficient (Wildman–Crippen LogP) is 1.42. The van der Waals surface area contributed by atoms with Crippen LogP contribution in [0.2, 0.25) is 0 Å². The van der Waals surface area contributed by atoms with Crippen molar-refractivity contribution in [1.82, 2.24) is 15.1 Å². The van der Waals surface area contributed by atoms with Crippen molar-refractivity contribution in [2.24, 2.45) is 5.92 Å². The van der Waals surface area contributed by atoms with Crippen LogP contribution in [0.1, 0.15) is 29.9 Å². The molecule has 136 valence electrons. The van der Waals surface area contributed by atoms with Gasteiger partial charge in [-0.2, -0.15) is 0 Å². The fourth-order valence-electron chi connectivity index (χ4n) is 4.76. The topological polar surface area (TPSA) is 94.5 Å². The highest BCUT2D eigenvalue weighted by atomic mass is 16.5. The number of hydrogen-bond acceptors (Lipinski definition) is 6. The van der Waals surface area contributed by atoms with Crippen LogP contribution in [0.3, 0.4) is 0 Å². The third kappa shape index (κ3) is 2.06. The number of likely N-dealkylation sites (tertiary alicyclic amines) is 1. The molecule has 0 unspecified atom stereocenters. The Morgan fingerprint density at radius 1 is 1.31 bits per heavy atom. The number of aryl methyl sites for hydroxylation is 1. The van der Waals surface area contributed by atoms with Gasteiger partial charge in [0.25, 0.3) is 0 Å². The van der Waals surface area contributed by atoms with Crippen LogP contribution in [-0.4, -0.2) is 47.3 Å². The van der Waals surface area contributed by atoms with Crippen LogP contribution in [0, 0.1) is 12.8 Å². The molecule has 0 spiro atoms. The number of carbonyl (C=O) groups is 1. The molecule has 0 radical (unpaired) electrons. The molecule has 7 heteroatoms. The highest BCUT2D eigenvalue weighted by Gasteiger charge is 2.61. The smallest absolute Gasteiger partial charge is 0.312 e. The highest BCUT2D eigenvalue weighted by Crippen LogP contribution is 2.53. The van der Waals surface area contributed by atoms with E-state index >= 15 is 0 Å². The normalized spacial score (nSPS) is 29.0. The maximum absolute atomic E-state index is 13.5. The summed E-state index contributed by atoms with van der Waals surface area (Å²) in [7, 11) is 0. The molecular weight excluding hydrogens is 332 g/mol. The molecule has 2 N–H and O–H groups in total. The van der Waals surface area contributed by atoms with Crippen LogP contribution < -0.4 is 5.73 Å². The number of amides is 1. The summed E-state index contributed by atoms with van der Waals surface area (Å²) in [6, 6.07) is 8.27. The van der Waals surface area contributed by atoms with Gasteiger partial charge in [-0.3, -0.25) is 4.79 Å². The fourth-order valence-corrected chi connectivity index (χ4v) is 4.76. The van der Waals surface area contributed by atoms with Crippen molar-refractivity contribution in [2.75, 3.05) is 32.0 Å². The lowest BCUT2D eigenvalue weighted by molar-refractivity contribution is -0.133. The number of nitrogen functional groups attached to an aromatic ring is 1. The zero-order chi connectivity index (χ0) is 17.9.